The first-order chi connectivity index (χ1) is 16.6. The monoisotopic (exact) mass is 464 g/mol. The summed E-state index contributed by atoms with van der Waals surface area (Å²) < 4.78 is 7.82. The van der Waals surface area contributed by atoms with Gasteiger partial charge in [0, 0.05) is 30.3 Å². The number of H-pyrrole nitrogens is 1. The number of pyridine rings is 1. The topological polar surface area (TPSA) is 88.9 Å². The Kier molecular flexibility index (Phi) is 7.06. The summed E-state index contributed by atoms with van der Waals surface area (Å²) in [6, 6.07) is 8.73. The number of nitrogens with one attached hydrogen (secondary N) is 1. The Balaban J connectivity index is 1.49. The van der Waals surface area contributed by atoms with Crippen LogP contribution in [-0.4, -0.2) is 48.8 Å². The first kappa shape index (κ1) is 23.2. The average Bonchev–Trinajstić information content (AvgIpc) is 3.60. The number of benzene rings is 1. The Bertz CT molecular complexity index is 1160. The number of fused-ring (bicyclic) bond motifs is 1. The lowest BCUT2D eigenvalue weighted by atomic mass is 10.0. The number of tetrazole rings is 1. The molecule has 182 valence electrons. The molecule has 1 aromatic carbocycles. The zero-order valence-corrected chi connectivity index (χ0v) is 20.4. The van der Waals surface area contributed by atoms with Gasteiger partial charge in [0.2, 0.25) is 0 Å². The van der Waals surface area contributed by atoms with Crippen LogP contribution >= 0.6 is 0 Å². The molecular formula is C26H36N6O2. The van der Waals surface area contributed by atoms with Crippen LogP contribution in [0.25, 0.3) is 10.9 Å². The molecule has 5 rings (SSSR count). The summed E-state index contributed by atoms with van der Waals surface area (Å²) in [6.45, 7) is 6.40. The van der Waals surface area contributed by atoms with Crippen molar-refractivity contribution in [1.29, 1.82) is 0 Å². The van der Waals surface area contributed by atoms with Crippen LogP contribution in [0.5, 0.6) is 0 Å². The maximum atomic E-state index is 13.1. The summed E-state index contributed by atoms with van der Waals surface area (Å²) in [5.41, 5.74) is 2.88. The lowest BCUT2D eigenvalue weighted by molar-refractivity contribution is 0.0828. The molecule has 0 radical (unpaired) electrons. The number of rotatable bonds is 9. The summed E-state index contributed by atoms with van der Waals surface area (Å²) in [4.78, 5) is 18.7. The van der Waals surface area contributed by atoms with Gasteiger partial charge in [-0.2, -0.15) is 0 Å². The largest absolute Gasteiger partial charge is 0.376 e. The molecule has 0 spiro atoms. The van der Waals surface area contributed by atoms with E-state index in [9.17, 15) is 4.79 Å². The molecule has 2 fully saturated rings. The number of ether oxygens (including phenoxy) is 1. The van der Waals surface area contributed by atoms with Gasteiger partial charge in [0.1, 0.15) is 0 Å². The second kappa shape index (κ2) is 10.4. The molecule has 1 N–H and O–H groups in total. The van der Waals surface area contributed by atoms with Crippen LogP contribution in [0, 0.1) is 6.92 Å². The van der Waals surface area contributed by atoms with Gasteiger partial charge in [-0.25, -0.2) is 4.68 Å². The van der Waals surface area contributed by atoms with Crippen molar-refractivity contribution in [3.63, 3.8) is 0 Å². The standard InChI is InChI=1S/C26H36N6O2/c1-3-7-24(25-28-29-30-32(25)17-22-10-6-13-34-22)31(21-8-4-5-9-21)16-20-15-19-14-18(2)11-12-23(19)27-26(20)33/h11-12,14-15,21-22,24H,3-10,13,16-17H2,1-2H3,(H,27,33)/t22-,24-/m0/s1. The third-order valence-corrected chi connectivity index (χ3v) is 7.44. The van der Waals surface area contributed by atoms with E-state index in [2.05, 4.69) is 51.4 Å². The summed E-state index contributed by atoms with van der Waals surface area (Å²) in [5, 5.41) is 14.0. The molecule has 8 nitrogen and oxygen atoms in total. The van der Waals surface area contributed by atoms with Crippen molar-refractivity contribution in [2.24, 2.45) is 0 Å². The van der Waals surface area contributed by atoms with Crippen molar-refractivity contribution in [2.75, 3.05) is 6.61 Å². The molecule has 2 aliphatic rings. The van der Waals surface area contributed by atoms with Crippen molar-refractivity contribution in [2.45, 2.75) is 96.5 Å². The Morgan fingerprint density at radius 1 is 1.21 bits per heavy atom. The highest BCUT2D eigenvalue weighted by Gasteiger charge is 2.33. The molecule has 3 heterocycles. The minimum Gasteiger partial charge on any atom is -0.376 e. The minimum atomic E-state index is -0.00598. The Morgan fingerprint density at radius 3 is 2.82 bits per heavy atom. The van der Waals surface area contributed by atoms with Gasteiger partial charge in [0.05, 0.1) is 18.7 Å². The van der Waals surface area contributed by atoms with Crippen molar-refractivity contribution in [1.82, 2.24) is 30.1 Å². The summed E-state index contributed by atoms with van der Waals surface area (Å²) >= 11 is 0. The minimum absolute atomic E-state index is 0.00598. The van der Waals surface area contributed by atoms with Gasteiger partial charge in [-0.05, 0) is 73.0 Å². The van der Waals surface area contributed by atoms with E-state index in [1.807, 2.05) is 16.8 Å². The zero-order valence-electron chi connectivity index (χ0n) is 20.4. The molecule has 2 aromatic heterocycles. The molecule has 8 heteroatoms. The molecule has 1 saturated heterocycles. The smallest absolute Gasteiger partial charge is 0.252 e. The van der Waals surface area contributed by atoms with Crippen molar-refractivity contribution >= 4 is 10.9 Å². The second-order valence-corrected chi connectivity index (χ2v) is 9.98. The maximum absolute atomic E-state index is 13.1. The van der Waals surface area contributed by atoms with Crippen LogP contribution in [0.3, 0.4) is 0 Å². The number of nitrogens with zero attached hydrogens (tertiary/aromatic N) is 5. The summed E-state index contributed by atoms with van der Waals surface area (Å²) in [6.07, 6.45) is 9.06. The lowest BCUT2D eigenvalue weighted by Gasteiger charge is -2.35. The van der Waals surface area contributed by atoms with Crippen LogP contribution < -0.4 is 5.56 Å². The number of aryl methyl sites for hydroxylation is 1. The van der Waals surface area contributed by atoms with Crippen LogP contribution in [0.2, 0.25) is 0 Å². The number of hydrogen-bond donors (Lipinski definition) is 1. The molecule has 0 bridgehead atoms. The zero-order chi connectivity index (χ0) is 23.5. The summed E-state index contributed by atoms with van der Waals surface area (Å²) in [7, 11) is 0. The van der Waals surface area contributed by atoms with Gasteiger partial charge < -0.3 is 9.72 Å². The van der Waals surface area contributed by atoms with E-state index in [1.165, 1.54) is 18.4 Å². The van der Waals surface area contributed by atoms with E-state index >= 15 is 0 Å². The third kappa shape index (κ3) is 4.93. The molecule has 1 aliphatic heterocycles. The van der Waals surface area contributed by atoms with Gasteiger partial charge >= 0.3 is 0 Å². The normalized spacial score (nSPS) is 20.0. The Hall–Kier alpha value is -2.58. The average molecular weight is 465 g/mol. The molecule has 1 saturated carbocycles. The second-order valence-electron chi connectivity index (χ2n) is 9.98. The molecule has 0 amide bonds. The predicted molar refractivity (Wildman–Crippen MR) is 132 cm³/mol. The fourth-order valence-electron chi connectivity index (χ4n) is 5.69. The van der Waals surface area contributed by atoms with E-state index in [4.69, 9.17) is 4.74 Å². The quantitative estimate of drug-likeness (QED) is 0.508. The van der Waals surface area contributed by atoms with Gasteiger partial charge in [-0.15, -0.1) is 5.10 Å². The van der Waals surface area contributed by atoms with Gasteiger partial charge in [-0.3, -0.25) is 9.69 Å². The van der Waals surface area contributed by atoms with Crippen LogP contribution in [0.15, 0.2) is 29.1 Å². The molecule has 34 heavy (non-hydrogen) atoms. The molecule has 1 aliphatic carbocycles. The van der Waals surface area contributed by atoms with Gasteiger partial charge in [0.25, 0.3) is 5.56 Å². The number of aromatic nitrogens is 5. The first-order valence-corrected chi connectivity index (χ1v) is 12.9. The van der Waals surface area contributed by atoms with E-state index in [1.54, 1.807) is 0 Å². The molecule has 2 atom stereocenters. The fraction of sp³-hybridized carbons (Fsp3) is 0.615. The fourth-order valence-corrected chi connectivity index (χ4v) is 5.69. The third-order valence-electron chi connectivity index (χ3n) is 7.44. The van der Waals surface area contributed by atoms with Crippen molar-refractivity contribution in [3.8, 4) is 0 Å². The number of hydrogen-bond acceptors (Lipinski definition) is 6. The molecular weight excluding hydrogens is 428 g/mol. The van der Waals surface area contributed by atoms with E-state index in [-0.39, 0.29) is 17.7 Å². The van der Waals surface area contributed by atoms with Crippen LogP contribution in [0.1, 0.15) is 81.3 Å². The first-order valence-electron chi connectivity index (χ1n) is 12.9. The van der Waals surface area contributed by atoms with E-state index in [0.29, 0.717) is 19.1 Å². The van der Waals surface area contributed by atoms with Crippen molar-refractivity contribution < 1.29 is 4.74 Å². The Labute approximate surface area is 200 Å². The van der Waals surface area contributed by atoms with Gasteiger partial charge in [0.15, 0.2) is 5.82 Å². The SMILES string of the molecule is CCC[C@@H](c1nnnn1C[C@@H]1CCCO1)N(Cc1cc2cc(C)ccc2[nH]c1=O)C1CCCC1. The van der Waals surface area contributed by atoms with Crippen molar-refractivity contribution in [3.05, 3.63) is 51.6 Å². The van der Waals surface area contributed by atoms with Crippen LogP contribution in [-0.2, 0) is 17.8 Å². The highest BCUT2D eigenvalue weighted by atomic mass is 16.5. The van der Waals surface area contributed by atoms with Gasteiger partial charge in [-0.1, -0.05) is 37.8 Å². The number of aromatic amines is 1. The molecule has 3 aromatic rings. The van der Waals surface area contributed by atoms with E-state index in [0.717, 1.165) is 67.4 Å². The van der Waals surface area contributed by atoms with E-state index < -0.39 is 0 Å². The highest BCUT2D eigenvalue weighted by molar-refractivity contribution is 5.79. The highest BCUT2D eigenvalue weighted by Crippen LogP contribution is 2.34. The lowest BCUT2D eigenvalue weighted by Crippen LogP contribution is -2.39. The van der Waals surface area contributed by atoms with Crippen LogP contribution in [0.4, 0.5) is 0 Å². The molecule has 0 unspecified atom stereocenters. The Morgan fingerprint density at radius 2 is 2.06 bits per heavy atom. The maximum Gasteiger partial charge on any atom is 0.252 e. The predicted octanol–water partition coefficient (Wildman–Crippen LogP) is 4.29. The summed E-state index contributed by atoms with van der Waals surface area (Å²) in [5.74, 6) is 0.900.